The third kappa shape index (κ3) is 3.10. The standard InChI is InChI=1S/C9H19NO5/c11-4-2-1-3-10-5-6(12)7(13)8(14)9(10)15/h6-9,11-15H,1-5H2/t6-,7+,8-,9-/m1/s1. The van der Waals surface area contributed by atoms with Gasteiger partial charge in [-0.15, -0.1) is 0 Å². The summed E-state index contributed by atoms with van der Waals surface area (Å²) >= 11 is 0. The Morgan fingerprint density at radius 1 is 1.00 bits per heavy atom. The van der Waals surface area contributed by atoms with E-state index in [4.69, 9.17) is 5.11 Å². The lowest BCUT2D eigenvalue weighted by atomic mass is 10.00. The fourth-order valence-electron chi connectivity index (χ4n) is 1.73. The Hall–Kier alpha value is -0.240. The van der Waals surface area contributed by atoms with E-state index in [1.165, 1.54) is 4.90 Å². The Kier molecular flexibility index (Phi) is 4.91. The average molecular weight is 221 g/mol. The number of aliphatic hydroxyl groups is 5. The molecule has 0 aromatic heterocycles. The van der Waals surface area contributed by atoms with Crippen LogP contribution < -0.4 is 0 Å². The maximum atomic E-state index is 9.57. The van der Waals surface area contributed by atoms with Crippen molar-refractivity contribution < 1.29 is 25.5 Å². The first-order chi connectivity index (χ1) is 7.07. The third-order valence-electron chi connectivity index (χ3n) is 2.70. The number of hydrogen-bond acceptors (Lipinski definition) is 6. The van der Waals surface area contributed by atoms with Gasteiger partial charge in [-0.2, -0.15) is 0 Å². The quantitative estimate of drug-likeness (QED) is 0.335. The lowest BCUT2D eigenvalue weighted by Crippen LogP contribution is -2.61. The molecule has 0 unspecified atom stereocenters. The Morgan fingerprint density at radius 2 is 1.67 bits per heavy atom. The van der Waals surface area contributed by atoms with Gasteiger partial charge >= 0.3 is 0 Å². The molecule has 15 heavy (non-hydrogen) atoms. The van der Waals surface area contributed by atoms with Crippen molar-refractivity contribution in [2.75, 3.05) is 19.7 Å². The zero-order valence-corrected chi connectivity index (χ0v) is 8.53. The normalized spacial score (nSPS) is 38.2. The topological polar surface area (TPSA) is 104 Å². The van der Waals surface area contributed by atoms with Crippen LogP contribution in [0.2, 0.25) is 0 Å². The van der Waals surface area contributed by atoms with Crippen LogP contribution in [-0.2, 0) is 0 Å². The summed E-state index contributed by atoms with van der Waals surface area (Å²) in [6.45, 7) is 0.686. The lowest BCUT2D eigenvalue weighted by molar-refractivity contribution is -0.194. The molecule has 4 atom stereocenters. The number of piperidine rings is 1. The Labute approximate surface area is 88.4 Å². The summed E-state index contributed by atoms with van der Waals surface area (Å²) in [5.74, 6) is 0. The second kappa shape index (κ2) is 5.74. The first-order valence-corrected chi connectivity index (χ1v) is 5.15. The van der Waals surface area contributed by atoms with E-state index >= 15 is 0 Å². The van der Waals surface area contributed by atoms with Gasteiger partial charge in [0.2, 0.25) is 0 Å². The van der Waals surface area contributed by atoms with E-state index in [0.717, 1.165) is 0 Å². The molecule has 0 aliphatic carbocycles. The van der Waals surface area contributed by atoms with Gasteiger partial charge in [-0.25, -0.2) is 0 Å². The van der Waals surface area contributed by atoms with Gasteiger partial charge in [0.05, 0.1) is 6.10 Å². The predicted molar refractivity (Wildman–Crippen MR) is 51.9 cm³/mol. The molecule has 0 aromatic rings. The number of likely N-dealkylation sites (tertiary alicyclic amines) is 1. The van der Waals surface area contributed by atoms with Gasteiger partial charge in [-0.3, -0.25) is 4.90 Å². The average Bonchev–Trinajstić information content (AvgIpc) is 2.23. The van der Waals surface area contributed by atoms with E-state index in [1.807, 2.05) is 0 Å². The minimum absolute atomic E-state index is 0.0810. The summed E-state index contributed by atoms with van der Waals surface area (Å²) < 4.78 is 0. The largest absolute Gasteiger partial charge is 0.396 e. The molecule has 1 fully saturated rings. The zero-order chi connectivity index (χ0) is 11.4. The fraction of sp³-hybridized carbons (Fsp3) is 1.00. The van der Waals surface area contributed by atoms with Crippen molar-refractivity contribution in [3.05, 3.63) is 0 Å². The number of β-amino-alcohol motifs (C(OH)–C–C–N with tert-alkyl or cyclic N) is 1. The fourth-order valence-corrected chi connectivity index (χ4v) is 1.73. The minimum Gasteiger partial charge on any atom is -0.396 e. The molecule has 6 heteroatoms. The number of unbranched alkanes of at least 4 members (excludes halogenated alkanes) is 1. The number of nitrogens with zero attached hydrogens (tertiary/aromatic N) is 1. The maximum Gasteiger partial charge on any atom is 0.136 e. The van der Waals surface area contributed by atoms with Crippen molar-refractivity contribution in [2.24, 2.45) is 0 Å². The highest BCUT2D eigenvalue weighted by Crippen LogP contribution is 2.17. The third-order valence-corrected chi connectivity index (χ3v) is 2.70. The number of aliphatic hydroxyl groups excluding tert-OH is 5. The van der Waals surface area contributed by atoms with Gasteiger partial charge in [-0.1, -0.05) is 0 Å². The van der Waals surface area contributed by atoms with Crippen LogP contribution in [0.3, 0.4) is 0 Å². The van der Waals surface area contributed by atoms with Gasteiger partial charge in [0.1, 0.15) is 18.4 Å². The molecule has 1 rings (SSSR count). The predicted octanol–water partition coefficient (Wildman–Crippen LogP) is -2.52. The molecule has 1 aliphatic rings. The van der Waals surface area contributed by atoms with E-state index < -0.39 is 24.5 Å². The van der Waals surface area contributed by atoms with Crippen LogP contribution in [0.1, 0.15) is 12.8 Å². The molecule has 1 saturated heterocycles. The number of rotatable bonds is 4. The van der Waals surface area contributed by atoms with Crippen molar-refractivity contribution in [3.8, 4) is 0 Å². The number of hydrogen-bond donors (Lipinski definition) is 5. The molecular weight excluding hydrogens is 202 g/mol. The highest BCUT2D eigenvalue weighted by atomic mass is 16.4. The molecule has 0 spiro atoms. The molecule has 90 valence electrons. The van der Waals surface area contributed by atoms with E-state index in [9.17, 15) is 20.4 Å². The summed E-state index contributed by atoms with van der Waals surface area (Å²) in [5.41, 5.74) is 0. The Bertz CT molecular complexity index is 191. The minimum atomic E-state index is -1.34. The van der Waals surface area contributed by atoms with Crippen molar-refractivity contribution >= 4 is 0 Å². The first kappa shape index (κ1) is 12.8. The smallest absolute Gasteiger partial charge is 0.136 e. The first-order valence-electron chi connectivity index (χ1n) is 5.15. The van der Waals surface area contributed by atoms with Crippen molar-refractivity contribution in [1.82, 2.24) is 4.90 Å². The molecule has 0 saturated carbocycles. The van der Waals surface area contributed by atoms with Crippen molar-refractivity contribution in [2.45, 2.75) is 37.4 Å². The lowest BCUT2D eigenvalue weighted by Gasteiger charge is -2.41. The Morgan fingerprint density at radius 3 is 2.27 bits per heavy atom. The van der Waals surface area contributed by atoms with Crippen LogP contribution in [0.5, 0.6) is 0 Å². The summed E-state index contributed by atoms with van der Waals surface area (Å²) in [5, 5.41) is 46.2. The summed E-state index contributed by atoms with van der Waals surface area (Å²) in [4.78, 5) is 1.50. The van der Waals surface area contributed by atoms with E-state index in [1.54, 1.807) is 0 Å². The molecule has 1 aliphatic heterocycles. The molecule has 0 amide bonds. The molecule has 1 heterocycles. The van der Waals surface area contributed by atoms with E-state index in [2.05, 4.69) is 0 Å². The molecule has 0 radical (unpaired) electrons. The van der Waals surface area contributed by atoms with Crippen molar-refractivity contribution in [3.63, 3.8) is 0 Å². The van der Waals surface area contributed by atoms with Crippen LogP contribution in [0.15, 0.2) is 0 Å². The molecule has 0 bridgehead atoms. The van der Waals surface area contributed by atoms with Crippen LogP contribution in [0, 0.1) is 0 Å². The summed E-state index contributed by atoms with van der Waals surface area (Å²) in [7, 11) is 0. The zero-order valence-electron chi connectivity index (χ0n) is 8.53. The highest BCUT2D eigenvalue weighted by molar-refractivity contribution is 4.89. The summed E-state index contributed by atoms with van der Waals surface area (Å²) in [6, 6.07) is 0. The molecule has 6 nitrogen and oxygen atoms in total. The monoisotopic (exact) mass is 221 g/mol. The van der Waals surface area contributed by atoms with Gasteiger partial charge < -0.3 is 25.5 Å². The van der Waals surface area contributed by atoms with Gasteiger partial charge in [0.25, 0.3) is 0 Å². The maximum absolute atomic E-state index is 9.57. The highest BCUT2D eigenvalue weighted by Gasteiger charge is 2.39. The SMILES string of the molecule is OCCCCN1C[C@@H](O)[C@H](O)[C@@H](O)[C@H]1O. The van der Waals surface area contributed by atoms with E-state index in [0.29, 0.717) is 19.4 Å². The van der Waals surface area contributed by atoms with Crippen LogP contribution in [-0.4, -0.2) is 74.7 Å². The van der Waals surface area contributed by atoms with Crippen LogP contribution >= 0.6 is 0 Å². The molecular formula is C9H19NO5. The van der Waals surface area contributed by atoms with Gasteiger partial charge in [-0.05, 0) is 12.8 Å². The molecule has 5 N–H and O–H groups in total. The van der Waals surface area contributed by atoms with Crippen LogP contribution in [0.25, 0.3) is 0 Å². The van der Waals surface area contributed by atoms with Gasteiger partial charge in [0.15, 0.2) is 0 Å². The second-order valence-electron chi connectivity index (χ2n) is 3.89. The molecule has 0 aromatic carbocycles. The second-order valence-corrected chi connectivity index (χ2v) is 3.89. The van der Waals surface area contributed by atoms with Crippen LogP contribution in [0.4, 0.5) is 0 Å². The van der Waals surface area contributed by atoms with Crippen molar-refractivity contribution in [1.29, 1.82) is 0 Å². The van der Waals surface area contributed by atoms with Gasteiger partial charge in [0, 0.05) is 19.7 Å². The summed E-state index contributed by atoms with van der Waals surface area (Å²) in [6.07, 6.45) is -3.56. The van der Waals surface area contributed by atoms with E-state index in [-0.39, 0.29) is 13.2 Å². The Balaban J connectivity index is 2.43.